The van der Waals surface area contributed by atoms with Crippen LogP contribution in [0.25, 0.3) is 0 Å². The molecular weight excluding hydrogens is 328 g/mol. The number of nitrogens with zero attached hydrogens (tertiary/aromatic N) is 1. The first-order chi connectivity index (χ1) is 10.3. The Kier molecular flexibility index (Phi) is 5.19. The van der Waals surface area contributed by atoms with Gasteiger partial charge in [0.2, 0.25) is 0 Å². The van der Waals surface area contributed by atoms with E-state index in [1.807, 2.05) is 6.07 Å². The SMILES string of the molecule is COc1ccc(Br)cc1CN1CCCCC1CNC1CC1. The van der Waals surface area contributed by atoms with Gasteiger partial charge in [0.05, 0.1) is 7.11 Å². The van der Waals surface area contributed by atoms with Crippen LogP contribution in [0.2, 0.25) is 0 Å². The second kappa shape index (κ2) is 7.12. The van der Waals surface area contributed by atoms with Crippen LogP contribution in [-0.2, 0) is 6.54 Å². The van der Waals surface area contributed by atoms with E-state index >= 15 is 0 Å². The van der Waals surface area contributed by atoms with Gasteiger partial charge in [-0.2, -0.15) is 0 Å². The minimum absolute atomic E-state index is 0.669. The highest BCUT2D eigenvalue weighted by molar-refractivity contribution is 9.10. The second-order valence-electron chi connectivity index (χ2n) is 6.26. The minimum Gasteiger partial charge on any atom is -0.496 e. The molecule has 0 bridgehead atoms. The molecule has 1 saturated carbocycles. The van der Waals surface area contributed by atoms with Crippen LogP contribution in [0.1, 0.15) is 37.7 Å². The van der Waals surface area contributed by atoms with Gasteiger partial charge in [-0.3, -0.25) is 4.90 Å². The maximum Gasteiger partial charge on any atom is 0.123 e. The molecule has 3 rings (SSSR count). The molecule has 1 heterocycles. The summed E-state index contributed by atoms with van der Waals surface area (Å²) in [5.41, 5.74) is 1.28. The van der Waals surface area contributed by atoms with Crippen molar-refractivity contribution in [3.63, 3.8) is 0 Å². The van der Waals surface area contributed by atoms with Gasteiger partial charge in [-0.25, -0.2) is 0 Å². The van der Waals surface area contributed by atoms with Crippen molar-refractivity contribution in [2.75, 3.05) is 20.2 Å². The molecule has 116 valence electrons. The zero-order chi connectivity index (χ0) is 14.7. The molecule has 21 heavy (non-hydrogen) atoms. The lowest BCUT2D eigenvalue weighted by Gasteiger charge is -2.36. The van der Waals surface area contributed by atoms with E-state index in [4.69, 9.17) is 4.74 Å². The van der Waals surface area contributed by atoms with Gasteiger partial charge in [0.25, 0.3) is 0 Å². The van der Waals surface area contributed by atoms with Gasteiger partial charge >= 0.3 is 0 Å². The molecule has 1 aliphatic heterocycles. The van der Waals surface area contributed by atoms with Gasteiger partial charge in [0.1, 0.15) is 5.75 Å². The topological polar surface area (TPSA) is 24.5 Å². The fourth-order valence-corrected chi connectivity index (χ4v) is 3.59. The molecule has 0 aromatic heterocycles. The smallest absolute Gasteiger partial charge is 0.123 e. The Morgan fingerprint density at radius 2 is 2.14 bits per heavy atom. The van der Waals surface area contributed by atoms with Crippen molar-refractivity contribution in [3.05, 3.63) is 28.2 Å². The van der Waals surface area contributed by atoms with Crippen molar-refractivity contribution in [1.29, 1.82) is 0 Å². The molecule has 2 aliphatic rings. The van der Waals surface area contributed by atoms with Gasteiger partial charge in [-0.15, -0.1) is 0 Å². The highest BCUT2D eigenvalue weighted by Gasteiger charge is 2.26. The number of nitrogens with one attached hydrogen (secondary N) is 1. The number of piperidine rings is 1. The van der Waals surface area contributed by atoms with Crippen LogP contribution in [0.15, 0.2) is 22.7 Å². The fraction of sp³-hybridized carbons (Fsp3) is 0.647. The summed E-state index contributed by atoms with van der Waals surface area (Å²) in [6, 6.07) is 7.77. The van der Waals surface area contributed by atoms with E-state index in [1.165, 1.54) is 44.2 Å². The van der Waals surface area contributed by atoms with Crippen LogP contribution >= 0.6 is 15.9 Å². The molecule has 1 saturated heterocycles. The van der Waals surface area contributed by atoms with Gasteiger partial charge in [0, 0.05) is 35.2 Å². The quantitative estimate of drug-likeness (QED) is 0.846. The Hall–Kier alpha value is -0.580. The van der Waals surface area contributed by atoms with Crippen LogP contribution in [0.3, 0.4) is 0 Å². The van der Waals surface area contributed by atoms with Crippen LogP contribution in [-0.4, -0.2) is 37.2 Å². The van der Waals surface area contributed by atoms with Crippen molar-refractivity contribution in [1.82, 2.24) is 10.2 Å². The minimum atomic E-state index is 0.669. The largest absolute Gasteiger partial charge is 0.496 e. The molecule has 0 spiro atoms. The van der Waals surface area contributed by atoms with E-state index in [1.54, 1.807) is 7.11 Å². The average Bonchev–Trinajstić information content (AvgIpc) is 3.31. The summed E-state index contributed by atoms with van der Waals surface area (Å²) in [5.74, 6) is 0.998. The molecule has 1 aliphatic carbocycles. The number of rotatable bonds is 6. The zero-order valence-corrected chi connectivity index (χ0v) is 14.4. The highest BCUT2D eigenvalue weighted by atomic mass is 79.9. The molecular formula is C17H25BrN2O. The maximum absolute atomic E-state index is 5.52. The molecule has 1 N–H and O–H groups in total. The third-order valence-corrected chi connectivity index (χ3v) is 5.08. The lowest BCUT2D eigenvalue weighted by atomic mass is 10.0. The number of hydrogen-bond donors (Lipinski definition) is 1. The molecule has 4 heteroatoms. The van der Waals surface area contributed by atoms with E-state index in [9.17, 15) is 0 Å². The number of likely N-dealkylation sites (tertiary alicyclic amines) is 1. The zero-order valence-electron chi connectivity index (χ0n) is 12.8. The Morgan fingerprint density at radius 3 is 2.90 bits per heavy atom. The van der Waals surface area contributed by atoms with Crippen molar-refractivity contribution in [2.45, 2.75) is 50.7 Å². The first-order valence-electron chi connectivity index (χ1n) is 8.06. The third-order valence-electron chi connectivity index (χ3n) is 4.58. The summed E-state index contributed by atoms with van der Waals surface area (Å²) in [7, 11) is 1.76. The Morgan fingerprint density at radius 1 is 1.29 bits per heavy atom. The van der Waals surface area contributed by atoms with Crippen LogP contribution < -0.4 is 10.1 Å². The Bertz CT molecular complexity index is 476. The lowest BCUT2D eigenvalue weighted by Crippen LogP contribution is -2.45. The van der Waals surface area contributed by atoms with Crippen LogP contribution in [0.5, 0.6) is 5.75 Å². The number of ether oxygens (including phenoxy) is 1. The molecule has 2 fully saturated rings. The highest BCUT2D eigenvalue weighted by Crippen LogP contribution is 2.27. The Labute approximate surface area is 136 Å². The van der Waals surface area contributed by atoms with Crippen LogP contribution in [0.4, 0.5) is 0 Å². The van der Waals surface area contributed by atoms with Gasteiger partial charge < -0.3 is 10.1 Å². The molecule has 0 radical (unpaired) electrons. The summed E-state index contributed by atoms with van der Waals surface area (Å²) in [5, 5.41) is 3.70. The predicted octanol–water partition coefficient (Wildman–Crippen LogP) is 3.56. The number of benzene rings is 1. The molecule has 1 unspecified atom stereocenters. The molecule has 1 atom stereocenters. The van der Waals surface area contributed by atoms with E-state index < -0.39 is 0 Å². The third kappa shape index (κ3) is 4.21. The monoisotopic (exact) mass is 352 g/mol. The van der Waals surface area contributed by atoms with Gasteiger partial charge in [-0.1, -0.05) is 22.4 Å². The summed E-state index contributed by atoms with van der Waals surface area (Å²) in [6.07, 6.45) is 6.73. The van der Waals surface area contributed by atoms with E-state index in [0.29, 0.717) is 6.04 Å². The normalized spacial score (nSPS) is 23.2. The molecule has 1 aromatic rings. The summed E-state index contributed by atoms with van der Waals surface area (Å²) in [6.45, 7) is 3.33. The average molecular weight is 353 g/mol. The second-order valence-corrected chi connectivity index (χ2v) is 7.17. The molecule has 3 nitrogen and oxygen atoms in total. The summed E-state index contributed by atoms with van der Waals surface area (Å²) >= 11 is 3.58. The number of hydrogen-bond acceptors (Lipinski definition) is 3. The first kappa shape index (κ1) is 15.3. The van der Waals surface area contributed by atoms with Crippen LogP contribution in [0, 0.1) is 0 Å². The number of methoxy groups -OCH3 is 1. The fourth-order valence-electron chi connectivity index (χ4n) is 3.18. The summed E-state index contributed by atoms with van der Waals surface area (Å²) in [4.78, 5) is 2.63. The predicted molar refractivity (Wildman–Crippen MR) is 89.8 cm³/mol. The summed E-state index contributed by atoms with van der Waals surface area (Å²) < 4.78 is 6.65. The Balaban J connectivity index is 1.66. The maximum atomic E-state index is 5.52. The molecule has 0 amide bonds. The van der Waals surface area contributed by atoms with Gasteiger partial charge in [0.15, 0.2) is 0 Å². The van der Waals surface area contributed by atoms with Crippen molar-refractivity contribution in [3.8, 4) is 5.75 Å². The standard InChI is InChI=1S/C17H25BrN2O/c1-21-17-8-5-14(18)10-13(17)12-20-9-3-2-4-16(20)11-19-15-6-7-15/h5,8,10,15-16,19H,2-4,6-7,9,11-12H2,1H3. The van der Waals surface area contributed by atoms with Gasteiger partial charge in [-0.05, 0) is 50.4 Å². The lowest BCUT2D eigenvalue weighted by molar-refractivity contribution is 0.136. The van der Waals surface area contributed by atoms with Crippen molar-refractivity contribution >= 4 is 15.9 Å². The van der Waals surface area contributed by atoms with E-state index in [-0.39, 0.29) is 0 Å². The van der Waals surface area contributed by atoms with Crippen molar-refractivity contribution in [2.24, 2.45) is 0 Å². The van der Waals surface area contributed by atoms with E-state index in [0.717, 1.165) is 29.4 Å². The van der Waals surface area contributed by atoms with Crippen molar-refractivity contribution < 1.29 is 4.74 Å². The van der Waals surface area contributed by atoms with E-state index in [2.05, 4.69) is 38.3 Å². The number of halogens is 1. The molecule has 1 aromatic carbocycles. The first-order valence-corrected chi connectivity index (χ1v) is 8.85.